The van der Waals surface area contributed by atoms with E-state index in [1.807, 2.05) is 37.3 Å². The monoisotopic (exact) mass is 541 g/mol. The Morgan fingerprint density at radius 2 is 1.50 bits per heavy atom. The van der Waals surface area contributed by atoms with E-state index < -0.39 is 29.9 Å². The fraction of sp³-hybridized carbons (Fsp3) is 0.316. The van der Waals surface area contributed by atoms with Crippen LogP contribution in [0, 0.1) is 29.9 Å². The quantitative estimate of drug-likeness (QED) is 0.315. The normalized spacial score (nSPS) is 11.5. The molecule has 26 heavy (non-hydrogen) atoms. The number of aromatic nitrogens is 1. The standard InChI is InChI=1S/C19H22N2O.3ClH.Nd/c1-13(16-11-8-12-17(21-16)14(2)22)20-18-10-7-6-9-15(18)19(3,4)5;;;;/h6-12H,1-5H3;3*1H;/q;;;;+3/p-3. The van der Waals surface area contributed by atoms with E-state index >= 15 is 0 Å². The van der Waals surface area contributed by atoms with Crippen molar-refractivity contribution in [2.75, 3.05) is 0 Å². The van der Waals surface area contributed by atoms with Gasteiger partial charge in [-0.25, -0.2) is 4.98 Å². The first kappa shape index (κ1) is 24.0. The van der Waals surface area contributed by atoms with Crippen LogP contribution in [0.25, 0.3) is 0 Å². The summed E-state index contributed by atoms with van der Waals surface area (Å²) in [6, 6.07) is 13.6. The van der Waals surface area contributed by atoms with Gasteiger partial charge >= 0.3 is 47.3 Å². The zero-order chi connectivity index (χ0) is 19.9. The Hall–Kier alpha value is -0.0694. The Kier molecular flexibility index (Phi) is 10.2. The summed E-state index contributed by atoms with van der Waals surface area (Å²) in [6.45, 7) is 9.96. The molecular formula is C19H22Cl3N2NdO. The summed E-state index contributed by atoms with van der Waals surface area (Å²) in [6.07, 6.45) is 0. The third kappa shape index (κ3) is 8.30. The van der Waals surface area contributed by atoms with Gasteiger partial charge in [0.1, 0.15) is 5.69 Å². The van der Waals surface area contributed by atoms with E-state index in [1.54, 1.807) is 6.07 Å². The molecule has 0 spiro atoms. The second kappa shape index (κ2) is 11.1. The molecule has 0 saturated heterocycles. The maximum atomic E-state index is 11.5. The van der Waals surface area contributed by atoms with E-state index in [1.165, 1.54) is 12.5 Å². The van der Waals surface area contributed by atoms with Gasteiger partial charge in [-0.05, 0) is 36.1 Å². The van der Waals surface area contributed by atoms with E-state index in [0.717, 1.165) is 17.1 Å². The number of para-hydroxylation sites is 1. The number of rotatable bonds is 3. The van der Waals surface area contributed by atoms with Crippen molar-refractivity contribution in [2.24, 2.45) is 4.99 Å². The van der Waals surface area contributed by atoms with Crippen LogP contribution in [0.2, 0.25) is 0 Å². The molecule has 1 aromatic heterocycles. The summed E-state index contributed by atoms with van der Waals surface area (Å²) in [5.41, 5.74) is 4.17. The molecule has 7 heteroatoms. The van der Waals surface area contributed by atoms with Crippen LogP contribution in [0.15, 0.2) is 47.5 Å². The van der Waals surface area contributed by atoms with Gasteiger partial charge < -0.3 is 0 Å². The van der Waals surface area contributed by atoms with Crippen molar-refractivity contribution >= 4 is 34.6 Å². The van der Waals surface area contributed by atoms with E-state index in [0.29, 0.717) is 5.69 Å². The van der Waals surface area contributed by atoms with Gasteiger partial charge in [0, 0.05) is 6.92 Å². The Bertz CT molecular complexity index is 784. The molecule has 0 radical (unpaired) electrons. The zero-order valence-corrected chi connectivity index (χ0v) is 21.0. The van der Waals surface area contributed by atoms with E-state index in [9.17, 15) is 4.79 Å². The topological polar surface area (TPSA) is 42.3 Å². The molecule has 1 heterocycles. The Labute approximate surface area is 176 Å². The molecule has 0 fully saturated rings. The number of halogens is 3. The molecule has 139 valence electrons. The first-order valence-electron chi connectivity index (χ1n) is 7.99. The molecular weight excluding hydrogens is 523 g/mol. The van der Waals surface area contributed by atoms with Crippen LogP contribution in [0.3, 0.4) is 0 Å². The summed E-state index contributed by atoms with van der Waals surface area (Å²) in [7, 11) is 0. The SMILES string of the molecule is CC(=O)c1cccc(C(C)=Nc2ccccc2C(C)(C)C)n1.[Cl][Nd]([Cl])[Cl]. The second-order valence-electron chi connectivity index (χ2n) is 6.64. The van der Waals surface area contributed by atoms with Crippen molar-refractivity contribution in [3.05, 3.63) is 59.4 Å². The van der Waals surface area contributed by atoms with E-state index in [2.05, 4.69) is 31.8 Å². The maximum absolute atomic E-state index is 11.5. The Balaban J connectivity index is 0.000000765. The second-order valence-corrected chi connectivity index (χ2v) is 20.7. The van der Waals surface area contributed by atoms with Crippen LogP contribution in [0.5, 0.6) is 0 Å². The number of Topliss-reactive ketones (excluding diaryl/α,β-unsaturated/α-hetero) is 1. The molecule has 0 atom stereocenters. The molecule has 0 N–H and O–H groups in total. The van der Waals surface area contributed by atoms with Crippen molar-refractivity contribution < 1.29 is 34.7 Å². The first-order chi connectivity index (χ1) is 12.0. The van der Waals surface area contributed by atoms with Crippen molar-refractivity contribution in [3.8, 4) is 0 Å². The number of carbonyl (C=O) groups is 1. The number of hydrogen-bond donors (Lipinski definition) is 0. The van der Waals surface area contributed by atoms with Crippen LogP contribution in [-0.2, 0) is 5.41 Å². The van der Waals surface area contributed by atoms with Crippen LogP contribution >= 0.6 is 17.4 Å². The predicted octanol–water partition coefficient (Wildman–Crippen LogP) is 6.79. The van der Waals surface area contributed by atoms with Crippen LogP contribution < -0.4 is 0 Å². The number of aliphatic imine (C=N–C) groups is 1. The number of benzene rings is 1. The van der Waals surface area contributed by atoms with Gasteiger partial charge in [-0.3, -0.25) is 9.79 Å². The third-order valence-electron chi connectivity index (χ3n) is 3.48. The Morgan fingerprint density at radius 3 is 2.04 bits per heavy atom. The molecule has 0 aliphatic heterocycles. The van der Waals surface area contributed by atoms with Crippen molar-refractivity contribution in [1.29, 1.82) is 0 Å². The summed E-state index contributed by atoms with van der Waals surface area (Å²) in [5.74, 6) is 15.0. The van der Waals surface area contributed by atoms with Gasteiger partial charge in [-0.15, -0.1) is 0 Å². The summed E-state index contributed by atoms with van der Waals surface area (Å²) < 4.78 is 0. The summed E-state index contributed by atoms with van der Waals surface area (Å²) >= 11 is -2.24. The van der Waals surface area contributed by atoms with Crippen LogP contribution in [-0.4, -0.2) is 16.5 Å². The number of ketones is 1. The predicted molar refractivity (Wildman–Crippen MR) is 109 cm³/mol. The molecule has 1 aromatic carbocycles. The molecule has 3 nitrogen and oxygen atoms in total. The van der Waals surface area contributed by atoms with Gasteiger partial charge in [-0.2, -0.15) is 0 Å². The first-order valence-corrected chi connectivity index (χ1v) is 20.0. The number of hydrogen-bond acceptors (Lipinski definition) is 3. The average molecular weight is 545 g/mol. The molecule has 0 bridgehead atoms. The van der Waals surface area contributed by atoms with Crippen molar-refractivity contribution in [2.45, 2.75) is 40.0 Å². The minimum atomic E-state index is -2.24. The molecule has 0 saturated carbocycles. The minimum absolute atomic E-state index is 0.0229. The molecule has 0 aliphatic carbocycles. The third-order valence-corrected chi connectivity index (χ3v) is 3.48. The Morgan fingerprint density at radius 1 is 0.962 bits per heavy atom. The summed E-state index contributed by atoms with van der Waals surface area (Å²) in [4.78, 5) is 20.6. The van der Waals surface area contributed by atoms with Crippen LogP contribution in [0.1, 0.15) is 56.4 Å². The van der Waals surface area contributed by atoms with Crippen molar-refractivity contribution in [1.82, 2.24) is 4.98 Å². The fourth-order valence-corrected chi connectivity index (χ4v) is 2.28. The van der Waals surface area contributed by atoms with Gasteiger partial charge in [-0.1, -0.05) is 45.0 Å². The fourth-order valence-electron chi connectivity index (χ4n) is 2.28. The van der Waals surface area contributed by atoms with Crippen LogP contribution in [0.4, 0.5) is 5.69 Å². The number of pyridine rings is 1. The van der Waals surface area contributed by atoms with Gasteiger partial charge in [0.2, 0.25) is 0 Å². The van der Waals surface area contributed by atoms with E-state index in [-0.39, 0.29) is 11.2 Å². The number of nitrogens with zero attached hydrogens (tertiary/aromatic N) is 2. The average Bonchev–Trinajstić information content (AvgIpc) is 2.54. The zero-order valence-electron chi connectivity index (χ0n) is 15.5. The van der Waals surface area contributed by atoms with Gasteiger partial charge in [0.15, 0.2) is 5.78 Å². The molecule has 0 aliphatic rings. The molecule has 0 amide bonds. The molecule has 2 aromatic rings. The molecule has 2 rings (SSSR count). The summed E-state index contributed by atoms with van der Waals surface area (Å²) in [5, 5.41) is 0. The number of carbonyl (C=O) groups excluding carboxylic acids is 1. The van der Waals surface area contributed by atoms with Gasteiger partial charge in [0.05, 0.1) is 17.1 Å². The van der Waals surface area contributed by atoms with Gasteiger partial charge in [0.25, 0.3) is 0 Å². The van der Waals surface area contributed by atoms with E-state index in [4.69, 9.17) is 22.4 Å². The van der Waals surface area contributed by atoms with Crippen molar-refractivity contribution in [3.63, 3.8) is 0 Å². The molecule has 0 unspecified atom stereocenters.